The number of aromatic nitrogens is 3. The molecule has 3 aromatic rings. The fraction of sp³-hybridized carbons (Fsp3) is 0.158. The maximum Gasteiger partial charge on any atom is 0.273 e. The molecule has 0 saturated carbocycles. The van der Waals surface area contributed by atoms with Crippen LogP contribution in [0.3, 0.4) is 0 Å². The van der Waals surface area contributed by atoms with Gasteiger partial charge in [-0.1, -0.05) is 41.6 Å². The van der Waals surface area contributed by atoms with Gasteiger partial charge < -0.3 is 10.1 Å². The predicted octanol–water partition coefficient (Wildman–Crippen LogP) is 3.15. The molecular weight excluding hydrogens is 400 g/mol. The molecule has 144 valence electrons. The third-order valence-electron chi connectivity index (χ3n) is 3.77. The number of aromatic amines is 1. The molecule has 0 aliphatic rings. The van der Waals surface area contributed by atoms with Gasteiger partial charge in [-0.25, -0.2) is 0 Å². The normalized spacial score (nSPS) is 10.5. The Morgan fingerprint density at radius 1 is 1.18 bits per heavy atom. The molecule has 0 unspecified atom stereocenters. The topological polar surface area (TPSA) is 97.0 Å². The van der Waals surface area contributed by atoms with E-state index in [9.17, 15) is 9.59 Å². The summed E-state index contributed by atoms with van der Waals surface area (Å²) in [6, 6.07) is 14.2. The van der Waals surface area contributed by atoms with E-state index < -0.39 is 0 Å². The number of methoxy groups -OCH3 is 1. The molecule has 2 aromatic carbocycles. The third-order valence-corrected chi connectivity index (χ3v) is 5.01. The smallest absolute Gasteiger partial charge is 0.273 e. The predicted molar refractivity (Wildman–Crippen MR) is 109 cm³/mol. The molecule has 2 N–H and O–H groups in total. The Bertz CT molecular complexity index is 1020. The Hall–Kier alpha value is -2.84. The zero-order valence-electron chi connectivity index (χ0n) is 14.9. The third kappa shape index (κ3) is 5.34. The summed E-state index contributed by atoms with van der Waals surface area (Å²) in [6.45, 7) is 0. The quantitative estimate of drug-likeness (QED) is 0.574. The van der Waals surface area contributed by atoms with Crippen molar-refractivity contribution in [3.8, 4) is 5.75 Å². The molecule has 3 rings (SSSR count). The molecular formula is C19H17ClN4O3S. The van der Waals surface area contributed by atoms with Crippen LogP contribution in [-0.2, 0) is 11.2 Å². The van der Waals surface area contributed by atoms with Gasteiger partial charge in [-0.3, -0.25) is 14.6 Å². The number of halogens is 1. The van der Waals surface area contributed by atoms with E-state index in [-0.39, 0.29) is 34.5 Å². The van der Waals surface area contributed by atoms with Gasteiger partial charge in [0.2, 0.25) is 5.91 Å². The molecule has 0 bridgehead atoms. The van der Waals surface area contributed by atoms with Crippen molar-refractivity contribution >= 4 is 35.0 Å². The van der Waals surface area contributed by atoms with Crippen LogP contribution in [-0.4, -0.2) is 34.0 Å². The van der Waals surface area contributed by atoms with E-state index in [4.69, 9.17) is 16.3 Å². The summed E-state index contributed by atoms with van der Waals surface area (Å²) in [4.78, 5) is 26.9. The van der Waals surface area contributed by atoms with Crippen LogP contribution in [0.5, 0.6) is 5.75 Å². The molecule has 1 heterocycles. The lowest BCUT2D eigenvalue weighted by atomic mass is 10.1. The summed E-state index contributed by atoms with van der Waals surface area (Å²) >= 11 is 7.21. The number of H-pyrrole nitrogens is 1. The molecule has 0 aliphatic heterocycles. The molecule has 9 heteroatoms. The number of ether oxygens (including phenoxy) is 1. The van der Waals surface area contributed by atoms with Gasteiger partial charge in [-0.2, -0.15) is 0 Å². The highest BCUT2D eigenvalue weighted by Crippen LogP contribution is 2.18. The van der Waals surface area contributed by atoms with Crippen LogP contribution >= 0.6 is 23.4 Å². The minimum Gasteiger partial charge on any atom is -0.497 e. The molecule has 0 saturated heterocycles. The van der Waals surface area contributed by atoms with Gasteiger partial charge in [-0.15, -0.1) is 10.2 Å². The molecule has 0 fully saturated rings. The van der Waals surface area contributed by atoms with Crippen LogP contribution in [0.25, 0.3) is 0 Å². The lowest BCUT2D eigenvalue weighted by molar-refractivity contribution is -0.113. The molecule has 0 spiro atoms. The van der Waals surface area contributed by atoms with E-state index in [2.05, 4.69) is 20.5 Å². The number of nitrogens with zero attached hydrogens (tertiary/aromatic N) is 2. The van der Waals surface area contributed by atoms with Gasteiger partial charge in [0, 0.05) is 17.1 Å². The highest BCUT2D eigenvalue weighted by Gasteiger charge is 2.10. The number of anilines is 1. The standard InChI is InChI=1S/C19H17ClN4O3S/c1-27-14-8-6-13(7-9-14)21-17(25)11-28-19-22-18(26)16(23-24-19)10-12-4-2-3-5-15(12)20/h2-9H,10-11H2,1H3,(H,21,25)(H,22,24,26). The Morgan fingerprint density at radius 2 is 1.93 bits per heavy atom. The largest absolute Gasteiger partial charge is 0.497 e. The Morgan fingerprint density at radius 3 is 2.61 bits per heavy atom. The van der Waals surface area contributed by atoms with Crippen molar-refractivity contribution in [1.82, 2.24) is 15.2 Å². The van der Waals surface area contributed by atoms with Crippen molar-refractivity contribution in [2.75, 3.05) is 18.2 Å². The second-order valence-electron chi connectivity index (χ2n) is 5.74. The molecule has 1 aromatic heterocycles. The average molecular weight is 417 g/mol. The van der Waals surface area contributed by atoms with E-state index in [1.165, 1.54) is 0 Å². The van der Waals surface area contributed by atoms with E-state index in [0.29, 0.717) is 16.5 Å². The fourth-order valence-electron chi connectivity index (χ4n) is 2.35. The van der Waals surface area contributed by atoms with E-state index >= 15 is 0 Å². The van der Waals surface area contributed by atoms with E-state index in [1.54, 1.807) is 37.4 Å². The number of hydrogen-bond acceptors (Lipinski definition) is 6. The number of hydrogen-bond donors (Lipinski definition) is 2. The minimum atomic E-state index is -0.354. The zero-order valence-corrected chi connectivity index (χ0v) is 16.5. The summed E-state index contributed by atoms with van der Waals surface area (Å²) in [6.07, 6.45) is 0.283. The molecule has 0 radical (unpaired) electrons. The number of carbonyl (C=O) groups is 1. The first kappa shape index (κ1) is 19.9. The number of amides is 1. The van der Waals surface area contributed by atoms with E-state index in [1.807, 2.05) is 18.2 Å². The maximum absolute atomic E-state index is 12.2. The monoisotopic (exact) mass is 416 g/mol. The van der Waals surface area contributed by atoms with Crippen molar-refractivity contribution in [2.24, 2.45) is 0 Å². The number of benzene rings is 2. The Kier molecular flexibility index (Phi) is 6.67. The molecule has 7 nitrogen and oxygen atoms in total. The second-order valence-corrected chi connectivity index (χ2v) is 7.11. The van der Waals surface area contributed by atoms with Crippen LogP contribution in [0.1, 0.15) is 11.3 Å². The SMILES string of the molecule is COc1ccc(NC(=O)CSc2nnc(Cc3ccccc3Cl)c(=O)[nH]2)cc1. The van der Waals surface area contributed by atoms with Crippen molar-refractivity contribution < 1.29 is 9.53 Å². The Balaban J connectivity index is 1.57. The molecule has 28 heavy (non-hydrogen) atoms. The number of rotatable bonds is 7. The number of carbonyl (C=O) groups excluding carboxylic acids is 1. The minimum absolute atomic E-state index is 0.0838. The highest BCUT2D eigenvalue weighted by molar-refractivity contribution is 7.99. The van der Waals surface area contributed by atoms with Gasteiger partial charge in [0.25, 0.3) is 5.56 Å². The first-order valence-corrected chi connectivity index (χ1v) is 9.67. The van der Waals surface area contributed by atoms with Crippen molar-refractivity contribution in [1.29, 1.82) is 0 Å². The fourth-order valence-corrected chi connectivity index (χ4v) is 3.16. The van der Waals surface area contributed by atoms with Gasteiger partial charge in [-0.05, 0) is 35.9 Å². The highest BCUT2D eigenvalue weighted by atomic mass is 35.5. The Labute approximate surface area is 170 Å². The zero-order chi connectivity index (χ0) is 19.9. The van der Waals surface area contributed by atoms with Gasteiger partial charge in [0.1, 0.15) is 11.4 Å². The summed E-state index contributed by atoms with van der Waals surface area (Å²) < 4.78 is 5.07. The van der Waals surface area contributed by atoms with E-state index in [0.717, 1.165) is 17.3 Å². The number of nitrogens with one attached hydrogen (secondary N) is 2. The lowest BCUT2D eigenvalue weighted by Gasteiger charge is -2.06. The van der Waals surface area contributed by atoms with Crippen LogP contribution in [0.15, 0.2) is 58.5 Å². The number of thioether (sulfide) groups is 1. The summed E-state index contributed by atoms with van der Waals surface area (Å²) in [5.74, 6) is 0.565. The summed E-state index contributed by atoms with van der Waals surface area (Å²) in [5.41, 5.74) is 1.36. The lowest BCUT2D eigenvalue weighted by Crippen LogP contribution is -2.19. The second kappa shape index (κ2) is 9.38. The van der Waals surface area contributed by atoms with Crippen LogP contribution in [0.2, 0.25) is 5.02 Å². The first-order chi connectivity index (χ1) is 13.5. The van der Waals surface area contributed by atoms with Gasteiger partial charge in [0.05, 0.1) is 12.9 Å². The maximum atomic E-state index is 12.2. The van der Waals surface area contributed by atoms with Crippen molar-refractivity contribution in [3.05, 3.63) is 75.2 Å². The van der Waals surface area contributed by atoms with Crippen LogP contribution < -0.4 is 15.6 Å². The van der Waals surface area contributed by atoms with Crippen LogP contribution in [0.4, 0.5) is 5.69 Å². The molecule has 0 atom stereocenters. The van der Waals surface area contributed by atoms with Gasteiger partial charge >= 0.3 is 0 Å². The van der Waals surface area contributed by atoms with Crippen LogP contribution in [0, 0.1) is 0 Å². The van der Waals surface area contributed by atoms with Gasteiger partial charge in [0.15, 0.2) is 5.16 Å². The van der Waals surface area contributed by atoms with Crippen molar-refractivity contribution in [2.45, 2.75) is 11.6 Å². The van der Waals surface area contributed by atoms with Crippen molar-refractivity contribution in [3.63, 3.8) is 0 Å². The molecule has 1 amide bonds. The summed E-state index contributed by atoms with van der Waals surface area (Å²) in [7, 11) is 1.58. The molecule has 0 aliphatic carbocycles. The summed E-state index contributed by atoms with van der Waals surface area (Å²) in [5, 5.41) is 11.6. The average Bonchev–Trinajstić information content (AvgIpc) is 2.70. The first-order valence-electron chi connectivity index (χ1n) is 8.31.